The number of fused-ring (bicyclic) bond motifs is 1. The SMILES string of the molecule is CN=C1C=C(N2CCOCC2)N(C)C(Nc2ccc(Oc3ccccc3)nc2)N1.c1ccn2ccnc2c1. The molecule has 0 radical (unpaired) electrons. The number of amidine groups is 1. The van der Waals surface area contributed by atoms with E-state index in [1.807, 2.05) is 77.5 Å². The Kier molecular flexibility index (Phi) is 8.00. The van der Waals surface area contributed by atoms with Gasteiger partial charge in [-0.25, -0.2) is 9.97 Å². The Hall–Kier alpha value is -4.57. The number of ether oxygens (including phenoxy) is 2. The van der Waals surface area contributed by atoms with Gasteiger partial charge in [0.25, 0.3) is 0 Å². The zero-order chi connectivity index (χ0) is 26.2. The molecule has 1 atom stereocenters. The third-order valence-corrected chi connectivity index (χ3v) is 6.18. The molecule has 2 aliphatic rings. The molecule has 5 heterocycles. The minimum absolute atomic E-state index is 0.153. The van der Waals surface area contributed by atoms with Crippen molar-refractivity contribution in [1.82, 2.24) is 29.5 Å². The van der Waals surface area contributed by atoms with Crippen molar-refractivity contribution in [2.45, 2.75) is 6.29 Å². The lowest BCUT2D eigenvalue weighted by Crippen LogP contribution is -2.57. The standard InChI is InChI=1S/C21H26N6O2.C7H6N2/c1-22-18-14-20(27-10-12-28-13-11-27)26(2)21(25-18)24-16-8-9-19(23-15-16)29-17-6-4-3-5-7-17;1-2-5-9-6-4-8-7(9)3-1/h3-9,14-15,21,24H,10-13H2,1-2H3,(H,22,25);1-6H. The van der Waals surface area contributed by atoms with E-state index in [1.165, 1.54) is 0 Å². The topological polar surface area (TPSA) is 91.5 Å². The maximum atomic E-state index is 5.76. The molecular weight excluding hydrogens is 480 g/mol. The predicted molar refractivity (Wildman–Crippen MR) is 148 cm³/mol. The van der Waals surface area contributed by atoms with Gasteiger partial charge in [0.15, 0.2) is 6.29 Å². The van der Waals surface area contributed by atoms with Crippen molar-refractivity contribution in [3.05, 3.63) is 97.3 Å². The lowest BCUT2D eigenvalue weighted by atomic mass is 10.3. The zero-order valence-electron chi connectivity index (χ0n) is 21.6. The second kappa shape index (κ2) is 12.1. The van der Waals surface area contributed by atoms with Crippen LogP contribution >= 0.6 is 0 Å². The van der Waals surface area contributed by atoms with E-state index < -0.39 is 0 Å². The number of nitrogens with zero attached hydrogens (tertiary/aromatic N) is 6. The number of aromatic nitrogens is 3. The summed E-state index contributed by atoms with van der Waals surface area (Å²) >= 11 is 0. The number of nitrogens with one attached hydrogen (secondary N) is 2. The molecular formula is C28H32N8O2. The molecule has 0 aliphatic carbocycles. The lowest BCUT2D eigenvalue weighted by Gasteiger charge is -2.43. The monoisotopic (exact) mass is 512 g/mol. The Morgan fingerprint density at radius 1 is 1.00 bits per heavy atom. The Morgan fingerprint density at radius 3 is 2.55 bits per heavy atom. The molecule has 1 fully saturated rings. The number of hydrogen-bond donors (Lipinski definition) is 2. The van der Waals surface area contributed by atoms with E-state index in [0.717, 1.165) is 55.0 Å². The largest absolute Gasteiger partial charge is 0.439 e. The van der Waals surface area contributed by atoms with Crippen molar-refractivity contribution in [3.8, 4) is 11.6 Å². The summed E-state index contributed by atoms with van der Waals surface area (Å²) in [5, 5.41) is 6.87. The second-order valence-corrected chi connectivity index (χ2v) is 8.71. The first-order valence-electron chi connectivity index (χ1n) is 12.5. The summed E-state index contributed by atoms with van der Waals surface area (Å²) in [6.45, 7) is 3.21. The molecule has 38 heavy (non-hydrogen) atoms. The summed E-state index contributed by atoms with van der Waals surface area (Å²) in [5.74, 6) is 3.26. The fourth-order valence-corrected chi connectivity index (χ4v) is 4.16. The molecule has 2 aliphatic heterocycles. The van der Waals surface area contributed by atoms with E-state index in [2.05, 4.69) is 48.5 Å². The quantitative estimate of drug-likeness (QED) is 0.419. The van der Waals surface area contributed by atoms with Crippen molar-refractivity contribution in [2.75, 3.05) is 45.7 Å². The van der Waals surface area contributed by atoms with Crippen LogP contribution in [-0.4, -0.2) is 76.7 Å². The summed E-state index contributed by atoms with van der Waals surface area (Å²) in [5.41, 5.74) is 1.88. The van der Waals surface area contributed by atoms with Gasteiger partial charge in [0.2, 0.25) is 5.88 Å². The average molecular weight is 513 g/mol. The van der Waals surface area contributed by atoms with Gasteiger partial charge in [-0.1, -0.05) is 24.3 Å². The van der Waals surface area contributed by atoms with Crippen LogP contribution in [0.15, 0.2) is 102 Å². The number of imidazole rings is 1. The highest BCUT2D eigenvalue weighted by atomic mass is 16.5. The van der Waals surface area contributed by atoms with Gasteiger partial charge in [-0.2, -0.15) is 0 Å². The smallest absolute Gasteiger partial charge is 0.219 e. The van der Waals surface area contributed by atoms with Gasteiger partial charge in [0.05, 0.1) is 25.1 Å². The number of hydrogen-bond acceptors (Lipinski definition) is 8. The molecule has 0 bridgehead atoms. The Bertz CT molecular complexity index is 1330. The summed E-state index contributed by atoms with van der Waals surface area (Å²) < 4.78 is 13.2. The molecule has 1 aromatic carbocycles. The molecule has 6 rings (SSSR count). The van der Waals surface area contributed by atoms with Crippen molar-refractivity contribution in [2.24, 2.45) is 4.99 Å². The third kappa shape index (κ3) is 6.22. The highest BCUT2D eigenvalue weighted by molar-refractivity contribution is 5.94. The van der Waals surface area contributed by atoms with E-state index in [0.29, 0.717) is 5.88 Å². The van der Waals surface area contributed by atoms with Gasteiger partial charge in [0, 0.05) is 57.9 Å². The number of aliphatic imine (C=N–C) groups is 1. The van der Waals surface area contributed by atoms with Gasteiger partial charge in [-0.3, -0.25) is 4.99 Å². The first-order valence-corrected chi connectivity index (χ1v) is 12.5. The third-order valence-electron chi connectivity index (χ3n) is 6.18. The fourth-order valence-electron chi connectivity index (χ4n) is 4.16. The van der Waals surface area contributed by atoms with Gasteiger partial charge >= 0.3 is 0 Å². The minimum atomic E-state index is -0.153. The predicted octanol–water partition coefficient (Wildman–Crippen LogP) is 3.64. The summed E-state index contributed by atoms with van der Waals surface area (Å²) in [6, 6.07) is 19.4. The number of para-hydroxylation sites is 1. The number of morpholine rings is 1. The first kappa shape index (κ1) is 25.1. The molecule has 0 spiro atoms. The van der Waals surface area contributed by atoms with Crippen LogP contribution in [0.3, 0.4) is 0 Å². The number of benzene rings is 1. The highest BCUT2D eigenvalue weighted by Crippen LogP contribution is 2.22. The van der Waals surface area contributed by atoms with Crippen molar-refractivity contribution in [1.29, 1.82) is 0 Å². The van der Waals surface area contributed by atoms with Crippen molar-refractivity contribution >= 4 is 17.2 Å². The van der Waals surface area contributed by atoms with Crippen molar-refractivity contribution < 1.29 is 9.47 Å². The van der Waals surface area contributed by atoms with Crippen LogP contribution < -0.4 is 15.4 Å². The molecule has 10 heteroatoms. The normalized spacial score (nSPS) is 18.3. The fraction of sp³-hybridized carbons (Fsp3) is 0.250. The highest BCUT2D eigenvalue weighted by Gasteiger charge is 2.27. The maximum absolute atomic E-state index is 5.76. The summed E-state index contributed by atoms with van der Waals surface area (Å²) in [7, 11) is 3.84. The number of rotatable bonds is 5. The molecule has 2 N–H and O–H groups in total. The van der Waals surface area contributed by atoms with Crippen LogP contribution in [0.25, 0.3) is 5.65 Å². The minimum Gasteiger partial charge on any atom is -0.439 e. The second-order valence-electron chi connectivity index (χ2n) is 8.71. The Morgan fingerprint density at radius 2 is 1.82 bits per heavy atom. The van der Waals surface area contributed by atoms with Crippen LogP contribution in [0.4, 0.5) is 5.69 Å². The van der Waals surface area contributed by atoms with E-state index >= 15 is 0 Å². The molecule has 1 unspecified atom stereocenters. The van der Waals surface area contributed by atoms with Gasteiger partial charge < -0.3 is 34.3 Å². The van der Waals surface area contributed by atoms with Gasteiger partial charge in [-0.15, -0.1) is 0 Å². The molecule has 196 valence electrons. The van der Waals surface area contributed by atoms with Crippen molar-refractivity contribution in [3.63, 3.8) is 0 Å². The number of anilines is 1. The molecule has 0 saturated carbocycles. The van der Waals surface area contributed by atoms with Crippen LogP contribution in [0.5, 0.6) is 11.6 Å². The van der Waals surface area contributed by atoms with Crippen LogP contribution in [0.2, 0.25) is 0 Å². The lowest BCUT2D eigenvalue weighted by molar-refractivity contribution is 0.0354. The van der Waals surface area contributed by atoms with Crippen LogP contribution in [-0.2, 0) is 4.74 Å². The zero-order valence-corrected chi connectivity index (χ0v) is 21.6. The summed E-state index contributed by atoms with van der Waals surface area (Å²) in [4.78, 5) is 17.3. The molecule has 4 aromatic rings. The van der Waals surface area contributed by atoms with E-state index in [9.17, 15) is 0 Å². The summed E-state index contributed by atoms with van der Waals surface area (Å²) in [6.07, 6.45) is 9.37. The first-order chi connectivity index (χ1) is 18.7. The Balaban J connectivity index is 0.000000273. The van der Waals surface area contributed by atoms with Gasteiger partial charge in [-0.05, 0) is 30.3 Å². The molecule has 10 nitrogen and oxygen atoms in total. The van der Waals surface area contributed by atoms with E-state index in [-0.39, 0.29) is 6.29 Å². The molecule has 3 aromatic heterocycles. The van der Waals surface area contributed by atoms with E-state index in [4.69, 9.17) is 9.47 Å². The molecule has 0 amide bonds. The van der Waals surface area contributed by atoms with Gasteiger partial charge in [0.1, 0.15) is 23.1 Å². The number of pyridine rings is 2. The Labute approximate surface area is 222 Å². The van der Waals surface area contributed by atoms with Crippen LogP contribution in [0, 0.1) is 0 Å². The molecule has 1 saturated heterocycles. The van der Waals surface area contributed by atoms with Crippen LogP contribution in [0.1, 0.15) is 0 Å². The van der Waals surface area contributed by atoms with E-state index in [1.54, 1.807) is 19.4 Å². The maximum Gasteiger partial charge on any atom is 0.219 e. The average Bonchev–Trinajstić information content (AvgIpc) is 3.46.